The summed E-state index contributed by atoms with van der Waals surface area (Å²) in [6.07, 6.45) is 4.98. The summed E-state index contributed by atoms with van der Waals surface area (Å²) >= 11 is 1.56. The van der Waals surface area contributed by atoms with Crippen molar-refractivity contribution in [2.75, 3.05) is 42.2 Å². The zero-order valence-corrected chi connectivity index (χ0v) is 19.5. The van der Waals surface area contributed by atoms with Crippen LogP contribution < -0.4 is 15.1 Å². The van der Waals surface area contributed by atoms with Crippen molar-refractivity contribution in [1.82, 2.24) is 15.3 Å². The van der Waals surface area contributed by atoms with Crippen LogP contribution in [0.4, 0.5) is 15.9 Å². The first-order valence-electron chi connectivity index (χ1n) is 11.1. The van der Waals surface area contributed by atoms with Crippen LogP contribution in [0.15, 0.2) is 66.0 Å². The second kappa shape index (κ2) is 10.8. The maximum Gasteiger partial charge on any atom is 0.189 e. The molecule has 1 aliphatic rings. The van der Waals surface area contributed by atoms with Crippen LogP contribution in [0.2, 0.25) is 0 Å². The maximum atomic E-state index is 13.3. The van der Waals surface area contributed by atoms with E-state index in [1.807, 2.05) is 24.6 Å². The van der Waals surface area contributed by atoms with E-state index in [2.05, 4.69) is 57.4 Å². The monoisotopic (exact) mass is 451 g/mol. The molecule has 2 aromatic carbocycles. The van der Waals surface area contributed by atoms with Gasteiger partial charge in [0.05, 0.1) is 0 Å². The SMILES string of the molecule is CC[C@H](NCc1cnc(SC)nc1N1CCN(c2ccc(F)cc2)CC1)c1ccccc1. The summed E-state index contributed by atoms with van der Waals surface area (Å²) in [5.74, 6) is 0.814. The molecule has 1 N–H and O–H groups in total. The van der Waals surface area contributed by atoms with Gasteiger partial charge in [-0.25, -0.2) is 14.4 Å². The summed E-state index contributed by atoms with van der Waals surface area (Å²) in [5, 5.41) is 4.49. The summed E-state index contributed by atoms with van der Waals surface area (Å²) in [5.41, 5.74) is 3.48. The van der Waals surface area contributed by atoms with E-state index in [1.54, 1.807) is 11.8 Å². The summed E-state index contributed by atoms with van der Waals surface area (Å²) in [4.78, 5) is 14.1. The van der Waals surface area contributed by atoms with Crippen LogP contribution in [0, 0.1) is 5.82 Å². The molecule has 0 spiro atoms. The van der Waals surface area contributed by atoms with Crippen molar-refractivity contribution < 1.29 is 4.39 Å². The summed E-state index contributed by atoms with van der Waals surface area (Å²) in [6.45, 7) is 6.40. The summed E-state index contributed by atoms with van der Waals surface area (Å²) in [6, 6.07) is 17.6. The molecule has 1 aromatic heterocycles. The molecule has 0 radical (unpaired) electrons. The molecule has 2 heterocycles. The number of nitrogens with zero attached hydrogens (tertiary/aromatic N) is 4. The topological polar surface area (TPSA) is 44.3 Å². The third-order valence-corrected chi connectivity index (χ3v) is 6.48. The number of hydrogen-bond donors (Lipinski definition) is 1. The largest absolute Gasteiger partial charge is 0.368 e. The fraction of sp³-hybridized carbons (Fsp3) is 0.360. The Balaban J connectivity index is 1.46. The minimum Gasteiger partial charge on any atom is -0.368 e. The van der Waals surface area contributed by atoms with Crippen LogP contribution in [0.3, 0.4) is 0 Å². The Morgan fingerprint density at radius 2 is 1.69 bits per heavy atom. The van der Waals surface area contributed by atoms with E-state index in [4.69, 9.17) is 4.98 Å². The van der Waals surface area contributed by atoms with Gasteiger partial charge in [-0.15, -0.1) is 0 Å². The zero-order valence-electron chi connectivity index (χ0n) is 18.7. The average Bonchev–Trinajstić information content (AvgIpc) is 2.86. The number of piperazine rings is 1. The van der Waals surface area contributed by atoms with E-state index in [1.165, 1.54) is 17.7 Å². The number of hydrogen-bond acceptors (Lipinski definition) is 6. The first-order valence-corrected chi connectivity index (χ1v) is 12.3. The number of thioether (sulfide) groups is 1. The quantitative estimate of drug-likeness (QED) is 0.388. The predicted molar refractivity (Wildman–Crippen MR) is 131 cm³/mol. The van der Waals surface area contributed by atoms with E-state index in [-0.39, 0.29) is 5.82 Å². The molecule has 0 aliphatic carbocycles. The molecule has 7 heteroatoms. The molecule has 0 bridgehead atoms. The lowest BCUT2D eigenvalue weighted by Crippen LogP contribution is -2.47. The molecular formula is C25H30FN5S. The minimum absolute atomic E-state index is 0.198. The molecule has 32 heavy (non-hydrogen) atoms. The molecule has 1 atom stereocenters. The van der Waals surface area contributed by atoms with Gasteiger partial charge in [-0.2, -0.15) is 0 Å². The lowest BCUT2D eigenvalue weighted by atomic mass is 10.0. The molecule has 0 saturated carbocycles. The summed E-state index contributed by atoms with van der Waals surface area (Å²) < 4.78 is 13.3. The molecule has 1 fully saturated rings. The Kier molecular flexibility index (Phi) is 7.60. The van der Waals surface area contributed by atoms with E-state index in [0.29, 0.717) is 6.04 Å². The van der Waals surface area contributed by atoms with Gasteiger partial charge in [-0.05, 0) is 42.5 Å². The lowest BCUT2D eigenvalue weighted by molar-refractivity contribution is 0.515. The van der Waals surface area contributed by atoms with Crippen molar-refractivity contribution in [3.63, 3.8) is 0 Å². The number of nitrogens with one attached hydrogen (secondary N) is 1. The van der Waals surface area contributed by atoms with Gasteiger partial charge in [0.2, 0.25) is 0 Å². The van der Waals surface area contributed by atoms with Crippen molar-refractivity contribution in [3.8, 4) is 0 Å². The van der Waals surface area contributed by atoms with Crippen molar-refractivity contribution >= 4 is 23.3 Å². The molecule has 0 amide bonds. The van der Waals surface area contributed by atoms with Gasteiger partial charge < -0.3 is 15.1 Å². The smallest absolute Gasteiger partial charge is 0.189 e. The minimum atomic E-state index is -0.198. The second-order valence-electron chi connectivity index (χ2n) is 7.91. The predicted octanol–water partition coefficient (Wildman–Crippen LogP) is 4.91. The molecule has 5 nitrogen and oxygen atoms in total. The van der Waals surface area contributed by atoms with Crippen LogP contribution >= 0.6 is 11.8 Å². The Morgan fingerprint density at radius 3 is 2.34 bits per heavy atom. The van der Waals surface area contributed by atoms with Crippen molar-refractivity contribution in [2.45, 2.75) is 31.1 Å². The number of benzene rings is 2. The normalized spacial score (nSPS) is 15.1. The van der Waals surface area contributed by atoms with Gasteiger partial charge in [0.1, 0.15) is 11.6 Å². The van der Waals surface area contributed by atoms with Gasteiger partial charge in [-0.1, -0.05) is 49.0 Å². The zero-order chi connectivity index (χ0) is 22.3. The van der Waals surface area contributed by atoms with Crippen molar-refractivity contribution in [3.05, 3.63) is 77.7 Å². The van der Waals surface area contributed by atoms with Crippen LogP contribution in [0.1, 0.15) is 30.5 Å². The highest BCUT2D eigenvalue weighted by Crippen LogP contribution is 2.25. The molecule has 4 rings (SSSR count). The Morgan fingerprint density at radius 1 is 1.00 bits per heavy atom. The molecule has 3 aromatic rings. The highest BCUT2D eigenvalue weighted by Gasteiger charge is 2.22. The van der Waals surface area contributed by atoms with Gasteiger partial charge in [-0.3, -0.25) is 0 Å². The number of halogens is 1. The molecule has 1 aliphatic heterocycles. The first-order chi connectivity index (χ1) is 15.7. The highest BCUT2D eigenvalue weighted by molar-refractivity contribution is 7.98. The molecule has 168 valence electrons. The van der Waals surface area contributed by atoms with Gasteiger partial charge >= 0.3 is 0 Å². The number of aromatic nitrogens is 2. The first kappa shape index (κ1) is 22.6. The third kappa shape index (κ3) is 5.40. The fourth-order valence-corrected chi connectivity index (χ4v) is 4.46. The van der Waals surface area contributed by atoms with Gasteiger partial charge in [0, 0.05) is 56.2 Å². The summed E-state index contributed by atoms with van der Waals surface area (Å²) in [7, 11) is 0. The Labute approximate surface area is 194 Å². The van der Waals surface area contributed by atoms with E-state index in [0.717, 1.165) is 61.4 Å². The van der Waals surface area contributed by atoms with E-state index in [9.17, 15) is 4.39 Å². The Bertz CT molecular complexity index is 991. The fourth-order valence-electron chi connectivity index (χ4n) is 4.12. The van der Waals surface area contributed by atoms with E-state index < -0.39 is 0 Å². The van der Waals surface area contributed by atoms with Crippen LogP contribution in [0.5, 0.6) is 0 Å². The molecular weight excluding hydrogens is 421 g/mol. The second-order valence-corrected chi connectivity index (χ2v) is 8.68. The van der Waals surface area contributed by atoms with Crippen LogP contribution in [0.25, 0.3) is 0 Å². The third-order valence-electron chi connectivity index (χ3n) is 5.92. The number of anilines is 2. The van der Waals surface area contributed by atoms with Gasteiger partial charge in [0.25, 0.3) is 0 Å². The highest BCUT2D eigenvalue weighted by atomic mass is 32.2. The Hall–Kier alpha value is -2.64. The van der Waals surface area contributed by atoms with Crippen molar-refractivity contribution in [2.24, 2.45) is 0 Å². The van der Waals surface area contributed by atoms with Gasteiger partial charge in [0.15, 0.2) is 5.16 Å². The average molecular weight is 452 g/mol. The van der Waals surface area contributed by atoms with Crippen LogP contribution in [-0.4, -0.2) is 42.4 Å². The molecule has 0 unspecified atom stereocenters. The van der Waals surface area contributed by atoms with Crippen molar-refractivity contribution in [1.29, 1.82) is 0 Å². The maximum absolute atomic E-state index is 13.3. The number of rotatable bonds is 8. The standard InChI is InChI=1S/C25H30FN5S/c1-3-23(19-7-5-4-6-8-19)27-17-20-18-28-25(32-2)29-24(20)31-15-13-30(14-16-31)22-11-9-21(26)10-12-22/h4-12,18,23,27H,3,13-17H2,1-2H3/t23-/m0/s1. The lowest BCUT2D eigenvalue weighted by Gasteiger charge is -2.37. The van der Waals surface area contributed by atoms with E-state index >= 15 is 0 Å². The van der Waals surface area contributed by atoms with Crippen LogP contribution in [-0.2, 0) is 6.54 Å². The molecule has 1 saturated heterocycles.